The van der Waals surface area contributed by atoms with Crippen LogP contribution in [0.2, 0.25) is 0 Å². The smallest absolute Gasteiger partial charge is 0.00699 e. The molecular weight excluding hydrogens is 146 g/mol. The molecule has 12 heavy (non-hydrogen) atoms. The van der Waals surface area contributed by atoms with E-state index in [1.54, 1.807) is 0 Å². The lowest BCUT2D eigenvalue weighted by atomic mass is 9.66. The quantitative estimate of drug-likeness (QED) is 0.641. The molecule has 0 aliphatic heterocycles. The summed E-state index contributed by atoms with van der Waals surface area (Å²) in [5.74, 6) is 3.25. The second-order valence-corrected chi connectivity index (χ2v) is 4.65. The van der Waals surface area contributed by atoms with E-state index in [1.807, 2.05) is 0 Å². The highest BCUT2D eigenvalue weighted by atomic mass is 14.7. The van der Waals surface area contributed by atoms with Crippen LogP contribution in [0.4, 0.5) is 0 Å². The third kappa shape index (κ3) is 1.66. The normalized spacial score (nSPS) is 49.2. The van der Waals surface area contributed by atoms with E-state index in [4.69, 9.17) is 5.73 Å². The van der Waals surface area contributed by atoms with Crippen LogP contribution >= 0.6 is 0 Å². The van der Waals surface area contributed by atoms with Gasteiger partial charge >= 0.3 is 0 Å². The standard InChI is InChI=1S/C11H23N/c1-5-10-6-11(12)9(4)7(2)8(10)3/h7-11H,5-6,12H2,1-4H3. The second kappa shape index (κ2) is 3.78. The summed E-state index contributed by atoms with van der Waals surface area (Å²) in [6.07, 6.45) is 2.54. The molecule has 5 unspecified atom stereocenters. The molecule has 1 heteroatoms. The first kappa shape index (κ1) is 10.0. The van der Waals surface area contributed by atoms with Gasteiger partial charge < -0.3 is 5.73 Å². The van der Waals surface area contributed by atoms with Crippen molar-refractivity contribution in [1.29, 1.82) is 0 Å². The monoisotopic (exact) mass is 169 g/mol. The zero-order valence-corrected chi connectivity index (χ0v) is 8.88. The number of nitrogens with two attached hydrogens (primary N) is 1. The zero-order valence-electron chi connectivity index (χ0n) is 8.88. The third-order valence-corrected chi connectivity index (χ3v) is 4.18. The van der Waals surface area contributed by atoms with Gasteiger partial charge in [-0.05, 0) is 30.1 Å². The van der Waals surface area contributed by atoms with Crippen LogP contribution in [0, 0.1) is 23.7 Å². The van der Waals surface area contributed by atoms with Crippen LogP contribution in [0.3, 0.4) is 0 Å². The number of rotatable bonds is 1. The van der Waals surface area contributed by atoms with E-state index in [0.29, 0.717) is 12.0 Å². The summed E-state index contributed by atoms with van der Waals surface area (Å²) in [6.45, 7) is 9.34. The first-order chi connectivity index (χ1) is 5.57. The molecule has 1 rings (SSSR count). The molecule has 1 aliphatic rings. The van der Waals surface area contributed by atoms with Crippen molar-refractivity contribution in [3.05, 3.63) is 0 Å². The lowest BCUT2D eigenvalue weighted by Gasteiger charge is -2.42. The van der Waals surface area contributed by atoms with E-state index in [-0.39, 0.29) is 0 Å². The van der Waals surface area contributed by atoms with Gasteiger partial charge in [0.25, 0.3) is 0 Å². The van der Waals surface area contributed by atoms with Gasteiger partial charge in [-0.25, -0.2) is 0 Å². The highest BCUT2D eigenvalue weighted by Gasteiger charge is 2.35. The molecule has 0 aromatic heterocycles. The van der Waals surface area contributed by atoms with Gasteiger partial charge in [0.15, 0.2) is 0 Å². The fourth-order valence-corrected chi connectivity index (χ4v) is 2.62. The molecule has 0 spiro atoms. The Morgan fingerprint density at radius 1 is 1.08 bits per heavy atom. The molecule has 0 saturated heterocycles. The lowest BCUT2D eigenvalue weighted by molar-refractivity contribution is 0.102. The molecule has 0 heterocycles. The molecule has 1 aliphatic carbocycles. The summed E-state index contributed by atoms with van der Waals surface area (Å²) in [5.41, 5.74) is 6.10. The fourth-order valence-electron chi connectivity index (χ4n) is 2.62. The van der Waals surface area contributed by atoms with Crippen molar-refractivity contribution >= 4 is 0 Å². The Bertz CT molecular complexity index is 139. The Labute approximate surface area is 76.7 Å². The predicted molar refractivity (Wildman–Crippen MR) is 53.9 cm³/mol. The van der Waals surface area contributed by atoms with E-state index in [1.165, 1.54) is 12.8 Å². The van der Waals surface area contributed by atoms with Crippen molar-refractivity contribution in [2.75, 3.05) is 0 Å². The summed E-state index contributed by atoms with van der Waals surface area (Å²) in [4.78, 5) is 0. The Kier molecular flexibility index (Phi) is 3.16. The van der Waals surface area contributed by atoms with E-state index in [0.717, 1.165) is 17.8 Å². The third-order valence-electron chi connectivity index (χ3n) is 4.18. The Balaban J connectivity index is 2.63. The number of hydrogen-bond acceptors (Lipinski definition) is 1. The Morgan fingerprint density at radius 2 is 1.67 bits per heavy atom. The SMILES string of the molecule is CCC1CC(N)C(C)C(C)C1C. The molecule has 72 valence electrons. The van der Waals surface area contributed by atoms with Crippen molar-refractivity contribution in [3.63, 3.8) is 0 Å². The maximum Gasteiger partial charge on any atom is 0.00699 e. The summed E-state index contributed by atoms with van der Waals surface area (Å²) < 4.78 is 0. The summed E-state index contributed by atoms with van der Waals surface area (Å²) in [6, 6.07) is 0.446. The van der Waals surface area contributed by atoms with E-state index < -0.39 is 0 Å². The molecule has 0 amide bonds. The van der Waals surface area contributed by atoms with Crippen molar-refractivity contribution in [1.82, 2.24) is 0 Å². The van der Waals surface area contributed by atoms with Crippen LogP contribution in [0.5, 0.6) is 0 Å². The van der Waals surface area contributed by atoms with Crippen molar-refractivity contribution in [2.45, 2.75) is 46.6 Å². The second-order valence-electron chi connectivity index (χ2n) is 4.65. The van der Waals surface area contributed by atoms with Crippen LogP contribution in [0.15, 0.2) is 0 Å². The van der Waals surface area contributed by atoms with Crippen LogP contribution in [-0.4, -0.2) is 6.04 Å². The first-order valence-corrected chi connectivity index (χ1v) is 5.33. The maximum atomic E-state index is 6.10. The van der Waals surface area contributed by atoms with Gasteiger partial charge in [-0.15, -0.1) is 0 Å². The van der Waals surface area contributed by atoms with E-state index >= 15 is 0 Å². The number of hydrogen-bond donors (Lipinski definition) is 1. The minimum atomic E-state index is 0.446. The largest absolute Gasteiger partial charge is 0.327 e. The van der Waals surface area contributed by atoms with Crippen molar-refractivity contribution < 1.29 is 0 Å². The molecule has 5 atom stereocenters. The van der Waals surface area contributed by atoms with Gasteiger partial charge in [-0.1, -0.05) is 34.1 Å². The van der Waals surface area contributed by atoms with Gasteiger partial charge in [0.2, 0.25) is 0 Å². The van der Waals surface area contributed by atoms with E-state index in [9.17, 15) is 0 Å². The van der Waals surface area contributed by atoms with Crippen LogP contribution in [0.25, 0.3) is 0 Å². The minimum Gasteiger partial charge on any atom is -0.327 e. The Hall–Kier alpha value is -0.0400. The molecule has 0 radical (unpaired) electrons. The molecule has 2 N–H and O–H groups in total. The Morgan fingerprint density at radius 3 is 2.17 bits per heavy atom. The van der Waals surface area contributed by atoms with Crippen molar-refractivity contribution in [2.24, 2.45) is 29.4 Å². The molecular formula is C11H23N. The zero-order chi connectivity index (χ0) is 9.30. The topological polar surface area (TPSA) is 26.0 Å². The van der Waals surface area contributed by atoms with E-state index in [2.05, 4.69) is 27.7 Å². The molecule has 0 aromatic rings. The first-order valence-electron chi connectivity index (χ1n) is 5.33. The molecule has 1 fully saturated rings. The summed E-state index contributed by atoms with van der Waals surface area (Å²) in [7, 11) is 0. The van der Waals surface area contributed by atoms with Crippen LogP contribution in [-0.2, 0) is 0 Å². The van der Waals surface area contributed by atoms with Gasteiger partial charge in [0, 0.05) is 6.04 Å². The van der Waals surface area contributed by atoms with Crippen LogP contribution < -0.4 is 5.73 Å². The van der Waals surface area contributed by atoms with Crippen molar-refractivity contribution in [3.8, 4) is 0 Å². The van der Waals surface area contributed by atoms with Gasteiger partial charge in [0.05, 0.1) is 0 Å². The average Bonchev–Trinajstić information content (AvgIpc) is 2.08. The van der Waals surface area contributed by atoms with Gasteiger partial charge in [-0.2, -0.15) is 0 Å². The summed E-state index contributed by atoms with van der Waals surface area (Å²) in [5, 5.41) is 0. The van der Waals surface area contributed by atoms with Gasteiger partial charge in [-0.3, -0.25) is 0 Å². The predicted octanol–water partition coefficient (Wildman–Crippen LogP) is 2.65. The fraction of sp³-hybridized carbons (Fsp3) is 1.00. The average molecular weight is 169 g/mol. The molecule has 0 bridgehead atoms. The lowest BCUT2D eigenvalue weighted by Crippen LogP contribution is -2.43. The molecule has 1 nitrogen and oxygen atoms in total. The maximum absolute atomic E-state index is 6.10. The highest BCUT2D eigenvalue weighted by Crippen LogP contribution is 2.38. The highest BCUT2D eigenvalue weighted by molar-refractivity contribution is 4.87. The summed E-state index contributed by atoms with van der Waals surface area (Å²) >= 11 is 0. The molecule has 1 saturated carbocycles. The molecule has 0 aromatic carbocycles. The van der Waals surface area contributed by atoms with Crippen LogP contribution in [0.1, 0.15) is 40.5 Å². The van der Waals surface area contributed by atoms with Gasteiger partial charge in [0.1, 0.15) is 0 Å². The minimum absolute atomic E-state index is 0.446.